The Morgan fingerprint density at radius 2 is 2.14 bits per heavy atom. The van der Waals surface area contributed by atoms with Gasteiger partial charge >= 0.3 is 0 Å². The van der Waals surface area contributed by atoms with E-state index < -0.39 is 0 Å². The predicted molar refractivity (Wildman–Crippen MR) is 89.3 cm³/mol. The number of thiophene rings is 1. The standard InChI is InChI=1S/C18H23NOS/c1-4-8-19-17(14-7-9-21-12-14)13-5-6-16-15(10-13)11-18(2,3)20-16/h5-7,9-10,12,17,19H,4,8,11H2,1-3H3. The fraction of sp³-hybridized carbons (Fsp3) is 0.444. The van der Waals surface area contributed by atoms with Crippen molar-refractivity contribution >= 4 is 11.3 Å². The molecule has 21 heavy (non-hydrogen) atoms. The van der Waals surface area contributed by atoms with Crippen LogP contribution in [0.3, 0.4) is 0 Å². The number of fused-ring (bicyclic) bond motifs is 1. The second-order valence-electron chi connectivity index (χ2n) is 6.35. The van der Waals surface area contributed by atoms with Gasteiger partial charge in [0.25, 0.3) is 0 Å². The lowest BCUT2D eigenvalue weighted by Gasteiger charge is -2.19. The molecule has 2 aromatic rings. The first-order chi connectivity index (χ1) is 10.1. The summed E-state index contributed by atoms with van der Waals surface area (Å²) in [5.74, 6) is 1.04. The SMILES string of the molecule is CCCNC(c1ccsc1)c1ccc2c(c1)CC(C)(C)O2. The van der Waals surface area contributed by atoms with Crippen molar-refractivity contribution in [2.24, 2.45) is 0 Å². The van der Waals surface area contributed by atoms with Crippen LogP contribution in [0.2, 0.25) is 0 Å². The molecule has 1 atom stereocenters. The Balaban J connectivity index is 1.91. The topological polar surface area (TPSA) is 21.3 Å². The van der Waals surface area contributed by atoms with Gasteiger partial charge in [0.2, 0.25) is 0 Å². The molecule has 3 heteroatoms. The molecule has 0 spiro atoms. The third-order valence-corrected chi connectivity index (χ3v) is 4.60. The summed E-state index contributed by atoms with van der Waals surface area (Å²) in [6.45, 7) is 7.53. The highest BCUT2D eigenvalue weighted by molar-refractivity contribution is 7.08. The zero-order valence-corrected chi connectivity index (χ0v) is 13.8. The van der Waals surface area contributed by atoms with E-state index in [1.54, 1.807) is 11.3 Å². The van der Waals surface area contributed by atoms with Crippen LogP contribution in [0.1, 0.15) is 49.9 Å². The van der Waals surface area contributed by atoms with E-state index in [1.165, 1.54) is 16.7 Å². The minimum atomic E-state index is -0.0737. The molecular weight excluding hydrogens is 278 g/mol. The number of benzene rings is 1. The Morgan fingerprint density at radius 3 is 2.86 bits per heavy atom. The molecule has 1 aliphatic heterocycles. The van der Waals surface area contributed by atoms with Crippen molar-refractivity contribution in [1.29, 1.82) is 0 Å². The number of hydrogen-bond donors (Lipinski definition) is 1. The minimum absolute atomic E-state index is 0.0737. The molecule has 0 aliphatic carbocycles. The van der Waals surface area contributed by atoms with Crippen LogP contribution < -0.4 is 10.1 Å². The normalized spacial score (nSPS) is 17.3. The van der Waals surface area contributed by atoms with Gasteiger partial charge in [-0.2, -0.15) is 11.3 Å². The summed E-state index contributed by atoms with van der Waals surface area (Å²) >= 11 is 1.76. The molecule has 1 aliphatic rings. The number of hydrogen-bond acceptors (Lipinski definition) is 3. The largest absolute Gasteiger partial charge is 0.487 e. The first kappa shape index (κ1) is 14.6. The van der Waals surface area contributed by atoms with E-state index in [-0.39, 0.29) is 11.6 Å². The van der Waals surface area contributed by atoms with Crippen molar-refractivity contribution < 1.29 is 4.74 Å². The third kappa shape index (κ3) is 3.14. The lowest BCUT2D eigenvalue weighted by molar-refractivity contribution is 0.138. The van der Waals surface area contributed by atoms with E-state index in [0.717, 1.165) is 25.1 Å². The highest BCUT2D eigenvalue weighted by Gasteiger charge is 2.30. The molecule has 1 unspecified atom stereocenters. The van der Waals surface area contributed by atoms with Crippen LogP contribution in [-0.4, -0.2) is 12.1 Å². The van der Waals surface area contributed by atoms with Gasteiger partial charge in [-0.3, -0.25) is 0 Å². The maximum Gasteiger partial charge on any atom is 0.123 e. The lowest BCUT2D eigenvalue weighted by atomic mass is 9.95. The fourth-order valence-electron chi connectivity index (χ4n) is 2.97. The zero-order chi connectivity index (χ0) is 14.9. The first-order valence-corrected chi connectivity index (χ1v) is 8.60. The molecule has 1 N–H and O–H groups in total. The smallest absolute Gasteiger partial charge is 0.123 e. The molecule has 1 aromatic carbocycles. The molecule has 1 aromatic heterocycles. The van der Waals surface area contributed by atoms with Crippen molar-refractivity contribution in [2.45, 2.75) is 45.3 Å². The molecule has 2 nitrogen and oxygen atoms in total. The van der Waals surface area contributed by atoms with Crippen LogP contribution >= 0.6 is 11.3 Å². The molecule has 0 fully saturated rings. The van der Waals surface area contributed by atoms with Crippen LogP contribution in [0.15, 0.2) is 35.0 Å². The summed E-state index contributed by atoms with van der Waals surface area (Å²) in [6, 6.07) is 9.14. The molecule has 0 radical (unpaired) electrons. The molecule has 0 amide bonds. The van der Waals surface area contributed by atoms with E-state index in [9.17, 15) is 0 Å². The average molecular weight is 301 g/mol. The first-order valence-electron chi connectivity index (χ1n) is 7.66. The van der Waals surface area contributed by atoms with Gasteiger partial charge in [0.05, 0.1) is 6.04 Å². The second kappa shape index (κ2) is 5.82. The minimum Gasteiger partial charge on any atom is -0.487 e. The maximum atomic E-state index is 5.98. The summed E-state index contributed by atoms with van der Waals surface area (Å²) in [5, 5.41) is 8.05. The molecule has 0 bridgehead atoms. The number of nitrogens with one attached hydrogen (secondary N) is 1. The van der Waals surface area contributed by atoms with E-state index in [1.807, 2.05) is 0 Å². The van der Waals surface area contributed by atoms with E-state index in [0.29, 0.717) is 0 Å². The van der Waals surface area contributed by atoms with Gasteiger partial charge in [0.1, 0.15) is 11.4 Å². The average Bonchev–Trinajstić information content (AvgIpc) is 3.04. The molecule has 0 saturated heterocycles. The summed E-state index contributed by atoms with van der Waals surface area (Å²) < 4.78 is 5.98. The van der Waals surface area contributed by atoms with Gasteiger partial charge in [-0.05, 0) is 66.4 Å². The van der Waals surface area contributed by atoms with Gasteiger partial charge < -0.3 is 10.1 Å². The maximum absolute atomic E-state index is 5.98. The molecule has 0 saturated carbocycles. The van der Waals surface area contributed by atoms with E-state index in [4.69, 9.17) is 4.74 Å². The highest BCUT2D eigenvalue weighted by Crippen LogP contribution is 2.37. The monoisotopic (exact) mass is 301 g/mol. The van der Waals surface area contributed by atoms with Gasteiger partial charge in [0, 0.05) is 6.42 Å². The quantitative estimate of drug-likeness (QED) is 0.874. The third-order valence-electron chi connectivity index (χ3n) is 3.90. The Labute approximate surface area is 131 Å². The zero-order valence-electron chi connectivity index (χ0n) is 13.0. The van der Waals surface area contributed by atoms with E-state index in [2.05, 4.69) is 61.1 Å². The van der Waals surface area contributed by atoms with Crippen molar-refractivity contribution in [3.8, 4) is 5.75 Å². The predicted octanol–water partition coefficient (Wildman–Crippen LogP) is 4.55. The van der Waals surface area contributed by atoms with Crippen molar-refractivity contribution in [3.63, 3.8) is 0 Å². The Kier molecular flexibility index (Phi) is 4.05. The van der Waals surface area contributed by atoms with Gasteiger partial charge in [-0.15, -0.1) is 0 Å². The Morgan fingerprint density at radius 1 is 1.29 bits per heavy atom. The molecule has 3 rings (SSSR count). The highest BCUT2D eigenvalue weighted by atomic mass is 32.1. The van der Waals surface area contributed by atoms with Crippen LogP contribution in [0.5, 0.6) is 5.75 Å². The molecule has 2 heterocycles. The van der Waals surface area contributed by atoms with Gasteiger partial charge in [0.15, 0.2) is 0 Å². The number of rotatable bonds is 5. The summed E-state index contributed by atoms with van der Waals surface area (Å²) in [4.78, 5) is 0. The van der Waals surface area contributed by atoms with Crippen LogP contribution in [0.4, 0.5) is 0 Å². The van der Waals surface area contributed by atoms with E-state index >= 15 is 0 Å². The molecular formula is C18H23NOS. The second-order valence-corrected chi connectivity index (χ2v) is 7.13. The fourth-order valence-corrected chi connectivity index (χ4v) is 3.65. The summed E-state index contributed by atoms with van der Waals surface area (Å²) in [7, 11) is 0. The summed E-state index contributed by atoms with van der Waals surface area (Å²) in [5.41, 5.74) is 3.94. The Hall–Kier alpha value is -1.32. The van der Waals surface area contributed by atoms with Crippen molar-refractivity contribution in [3.05, 3.63) is 51.7 Å². The van der Waals surface area contributed by atoms with Crippen LogP contribution in [0, 0.1) is 0 Å². The molecule has 112 valence electrons. The number of ether oxygens (including phenoxy) is 1. The van der Waals surface area contributed by atoms with Crippen molar-refractivity contribution in [1.82, 2.24) is 5.32 Å². The summed E-state index contributed by atoms with van der Waals surface area (Å²) in [6.07, 6.45) is 2.13. The Bertz CT molecular complexity index is 604. The van der Waals surface area contributed by atoms with Crippen LogP contribution in [-0.2, 0) is 6.42 Å². The lowest BCUT2D eigenvalue weighted by Crippen LogP contribution is -2.24. The van der Waals surface area contributed by atoms with Crippen molar-refractivity contribution in [2.75, 3.05) is 6.54 Å². The van der Waals surface area contributed by atoms with Crippen LogP contribution in [0.25, 0.3) is 0 Å². The van der Waals surface area contributed by atoms with Gasteiger partial charge in [-0.1, -0.05) is 19.1 Å². The van der Waals surface area contributed by atoms with Gasteiger partial charge in [-0.25, -0.2) is 0 Å².